The van der Waals surface area contributed by atoms with E-state index in [1.807, 2.05) is 68.4 Å². The summed E-state index contributed by atoms with van der Waals surface area (Å²) in [5.74, 6) is -0.0500. The largest absolute Gasteiger partial charge is 0.374 e. The lowest BCUT2D eigenvalue weighted by Crippen LogP contribution is -2.31. The first-order chi connectivity index (χ1) is 15.3. The minimum Gasteiger partial charge on any atom is -0.374 e. The summed E-state index contributed by atoms with van der Waals surface area (Å²) in [6.45, 7) is 12.6. The third kappa shape index (κ3) is 4.97. The molecule has 32 heavy (non-hydrogen) atoms. The predicted octanol–water partition coefficient (Wildman–Crippen LogP) is 5.30. The van der Waals surface area contributed by atoms with Gasteiger partial charge >= 0.3 is 0 Å². The van der Waals surface area contributed by atoms with Gasteiger partial charge < -0.3 is 9.47 Å². The van der Waals surface area contributed by atoms with Crippen molar-refractivity contribution in [1.82, 2.24) is 14.5 Å². The van der Waals surface area contributed by atoms with Crippen molar-refractivity contribution >= 4 is 22.7 Å². The Hall–Kier alpha value is -3.65. The molecule has 0 N–H and O–H groups in total. The fraction of sp³-hybridized carbons (Fsp3) is 0.296. The highest BCUT2D eigenvalue weighted by molar-refractivity contribution is 5.78. The SMILES string of the molecule is C=Cc1ccn(C(C)Cc2ccc3ccccc3n2)c(=O)c1C(=C)N(C)CCC(C)C#N. The van der Waals surface area contributed by atoms with E-state index in [1.54, 1.807) is 10.6 Å². The van der Waals surface area contributed by atoms with E-state index in [2.05, 4.69) is 25.3 Å². The highest BCUT2D eigenvalue weighted by Crippen LogP contribution is 2.21. The molecule has 2 unspecified atom stereocenters. The summed E-state index contributed by atoms with van der Waals surface area (Å²) in [5.41, 5.74) is 3.74. The van der Waals surface area contributed by atoms with Crippen LogP contribution >= 0.6 is 0 Å². The maximum absolute atomic E-state index is 13.5. The highest BCUT2D eigenvalue weighted by atomic mass is 16.1. The Morgan fingerprint density at radius 1 is 1.25 bits per heavy atom. The minimum absolute atomic E-state index is 0.0500. The molecule has 0 aliphatic carbocycles. The van der Waals surface area contributed by atoms with Gasteiger partial charge in [0, 0.05) is 54.9 Å². The molecule has 0 radical (unpaired) electrons. The number of hydrogen-bond acceptors (Lipinski definition) is 4. The normalized spacial score (nSPS) is 12.7. The quantitative estimate of drug-likeness (QED) is 0.466. The molecule has 0 spiro atoms. The average Bonchev–Trinajstić information content (AvgIpc) is 2.81. The molecule has 0 fully saturated rings. The van der Waals surface area contributed by atoms with Crippen LogP contribution in [0.15, 0.2) is 66.6 Å². The molecule has 3 aromatic rings. The Kier molecular flexibility index (Phi) is 7.27. The minimum atomic E-state index is -0.0964. The van der Waals surface area contributed by atoms with Crippen LogP contribution in [-0.2, 0) is 6.42 Å². The van der Waals surface area contributed by atoms with Crippen LogP contribution in [0.4, 0.5) is 0 Å². The number of benzene rings is 1. The third-order valence-corrected chi connectivity index (χ3v) is 5.87. The smallest absolute Gasteiger partial charge is 0.260 e. The predicted molar refractivity (Wildman–Crippen MR) is 132 cm³/mol. The summed E-state index contributed by atoms with van der Waals surface area (Å²) in [4.78, 5) is 20.2. The van der Waals surface area contributed by atoms with E-state index >= 15 is 0 Å². The van der Waals surface area contributed by atoms with E-state index in [-0.39, 0.29) is 17.5 Å². The van der Waals surface area contributed by atoms with Crippen LogP contribution < -0.4 is 5.56 Å². The van der Waals surface area contributed by atoms with Gasteiger partial charge in [-0.25, -0.2) is 0 Å². The molecule has 2 atom stereocenters. The van der Waals surface area contributed by atoms with Crippen LogP contribution in [0.5, 0.6) is 0 Å². The number of fused-ring (bicyclic) bond motifs is 1. The molecular weight excluding hydrogens is 396 g/mol. The van der Waals surface area contributed by atoms with Crippen LogP contribution in [0.1, 0.15) is 43.1 Å². The van der Waals surface area contributed by atoms with Crippen molar-refractivity contribution < 1.29 is 0 Å². The average molecular weight is 427 g/mol. The second-order valence-corrected chi connectivity index (χ2v) is 8.30. The van der Waals surface area contributed by atoms with Crippen molar-refractivity contribution in [1.29, 1.82) is 5.26 Å². The molecule has 164 valence electrons. The van der Waals surface area contributed by atoms with Gasteiger partial charge in [0.1, 0.15) is 0 Å². The van der Waals surface area contributed by atoms with Crippen LogP contribution in [0.3, 0.4) is 0 Å². The number of nitrogens with zero attached hydrogens (tertiary/aromatic N) is 4. The highest BCUT2D eigenvalue weighted by Gasteiger charge is 2.18. The Bertz CT molecular complexity index is 1230. The fourth-order valence-electron chi connectivity index (χ4n) is 3.77. The molecule has 5 nitrogen and oxygen atoms in total. The second-order valence-electron chi connectivity index (χ2n) is 8.30. The molecule has 0 aliphatic rings. The molecule has 5 heteroatoms. The maximum Gasteiger partial charge on any atom is 0.260 e. The molecule has 0 saturated heterocycles. The van der Waals surface area contributed by atoms with E-state index in [0.717, 1.165) is 22.2 Å². The fourth-order valence-corrected chi connectivity index (χ4v) is 3.77. The number of nitriles is 1. The van der Waals surface area contributed by atoms with Gasteiger partial charge in [-0.05, 0) is 44.0 Å². The monoisotopic (exact) mass is 426 g/mol. The Balaban J connectivity index is 1.88. The number of pyridine rings is 2. The van der Waals surface area contributed by atoms with Crippen molar-refractivity contribution in [3.63, 3.8) is 0 Å². The number of para-hydroxylation sites is 1. The zero-order valence-corrected chi connectivity index (χ0v) is 19.1. The standard InChI is InChI=1S/C27H30N4O/c1-6-22-14-16-31(27(32)26(22)21(4)30(5)15-13-19(2)18-28)20(3)17-24-12-11-23-9-7-8-10-25(23)29-24/h6-12,14,16,19-20H,1,4,13,15,17H2,2-3,5H3. The maximum atomic E-state index is 13.5. The van der Waals surface area contributed by atoms with E-state index in [9.17, 15) is 4.79 Å². The Morgan fingerprint density at radius 3 is 2.72 bits per heavy atom. The lowest BCUT2D eigenvalue weighted by atomic mass is 10.0. The van der Waals surface area contributed by atoms with E-state index in [0.29, 0.717) is 30.6 Å². The summed E-state index contributed by atoms with van der Waals surface area (Å²) in [5, 5.41) is 10.1. The molecule has 0 amide bonds. The van der Waals surface area contributed by atoms with E-state index < -0.39 is 0 Å². The van der Waals surface area contributed by atoms with E-state index in [1.165, 1.54) is 0 Å². The number of rotatable bonds is 9. The summed E-state index contributed by atoms with van der Waals surface area (Å²) < 4.78 is 1.75. The van der Waals surface area contributed by atoms with Gasteiger partial charge in [-0.2, -0.15) is 5.26 Å². The first-order valence-corrected chi connectivity index (χ1v) is 10.9. The molecule has 2 heterocycles. The van der Waals surface area contributed by atoms with Gasteiger partial charge in [0.2, 0.25) is 0 Å². The zero-order valence-electron chi connectivity index (χ0n) is 19.1. The van der Waals surface area contributed by atoms with Crippen LogP contribution in [0.2, 0.25) is 0 Å². The van der Waals surface area contributed by atoms with Crippen LogP contribution in [-0.4, -0.2) is 28.0 Å². The van der Waals surface area contributed by atoms with Crippen molar-refractivity contribution in [2.75, 3.05) is 13.6 Å². The lowest BCUT2D eigenvalue weighted by molar-refractivity contribution is 0.438. The van der Waals surface area contributed by atoms with Gasteiger partial charge in [-0.3, -0.25) is 9.78 Å². The van der Waals surface area contributed by atoms with Gasteiger partial charge in [0.25, 0.3) is 5.56 Å². The Labute approximate surface area is 189 Å². The third-order valence-electron chi connectivity index (χ3n) is 5.87. The van der Waals surface area contributed by atoms with Gasteiger partial charge in [-0.1, -0.05) is 43.5 Å². The molecule has 0 saturated carbocycles. The molecule has 0 bridgehead atoms. The van der Waals surface area contributed by atoms with Crippen molar-refractivity contribution in [2.45, 2.75) is 32.7 Å². The summed E-state index contributed by atoms with van der Waals surface area (Å²) in [6.07, 6.45) is 4.85. The van der Waals surface area contributed by atoms with Gasteiger partial charge in [-0.15, -0.1) is 0 Å². The molecular formula is C27H30N4O. The first-order valence-electron chi connectivity index (χ1n) is 10.9. The molecule has 2 aromatic heterocycles. The zero-order chi connectivity index (χ0) is 23.3. The topological polar surface area (TPSA) is 61.9 Å². The number of aromatic nitrogens is 2. The van der Waals surface area contributed by atoms with Gasteiger partial charge in [0.15, 0.2) is 0 Å². The van der Waals surface area contributed by atoms with Gasteiger partial charge in [0.05, 0.1) is 17.1 Å². The summed E-state index contributed by atoms with van der Waals surface area (Å²) >= 11 is 0. The van der Waals surface area contributed by atoms with Crippen LogP contribution in [0, 0.1) is 17.2 Å². The summed E-state index contributed by atoms with van der Waals surface area (Å²) in [7, 11) is 1.90. The molecule has 0 aliphatic heterocycles. The lowest BCUT2D eigenvalue weighted by Gasteiger charge is -2.25. The second kappa shape index (κ2) is 10.1. The van der Waals surface area contributed by atoms with Crippen molar-refractivity contribution in [2.24, 2.45) is 5.92 Å². The van der Waals surface area contributed by atoms with Crippen molar-refractivity contribution in [3.05, 3.63) is 89.0 Å². The van der Waals surface area contributed by atoms with Crippen LogP contribution in [0.25, 0.3) is 22.7 Å². The summed E-state index contributed by atoms with van der Waals surface area (Å²) in [6, 6.07) is 16.2. The Morgan fingerprint density at radius 2 is 2.00 bits per heavy atom. The molecule has 1 aromatic carbocycles. The first kappa shape index (κ1) is 23.0. The van der Waals surface area contributed by atoms with Crippen molar-refractivity contribution in [3.8, 4) is 6.07 Å². The van der Waals surface area contributed by atoms with E-state index in [4.69, 9.17) is 10.2 Å². The molecule has 3 rings (SSSR count). The number of hydrogen-bond donors (Lipinski definition) is 0.